The minimum atomic E-state index is -0.886. The van der Waals surface area contributed by atoms with E-state index in [1.807, 2.05) is 0 Å². The summed E-state index contributed by atoms with van der Waals surface area (Å²) < 4.78 is 10.7. The van der Waals surface area contributed by atoms with Crippen LogP contribution in [0.5, 0.6) is 0 Å². The first kappa shape index (κ1) is 15.0. The molecule has 0 saturated heterocycles. The van der Waals surface area contributed by atoms with Crippen molar-refractivity contribution in [2.45, 2.75) is 6.42 Å². The average Bonchev–Trinajstić information content (AvgIpc) is 2.20. The maximum Gasteiger partial charge on any atom is 0.309 e. The van der Waals surface area contributed by atoms with Crippen molar-refractivity contribution in [2.75, 3.05) is 25.1 Å². The highest BCUT2D eigenvalue weighted by Crippen LogP contribution is 1.81. The molecule has 1 unspecified atom stereocenters. The zero-order chi connectivity index (χ0) is 12.6. The molecule has 16 heavy (non-hydrogen) atoms. The van der Waals surface area contributed by atoms with Gasteiger partial charge in [-0.25, -0.2) is 0 Å². The predicted molar refractivity (Wildman–Crippen MR) is 66.4 cm³/mol. The van der Waals surface area contributed by atoms with Gasteiger partial charge < -0.3 is 16.4 Å². The molecule has 0 rings (SSSR count). The van der Waals surface area contributed by atoms with Crippen molar-refractivity contribution in [1.82, 2.24) is 10.6 Å². The topological polar surface area (TPSA) is 101 Å². The van der Waals surface area contributed by atoms with Crippen LogP contribution in [0.4, 0.5) is 0 Å². The normalized spacial score (nSPS) is 11.6. The molecule has 2 amide bonds. The van der Waals surface area contributed by atoms with Crippen LogP contribution in [-0.4, -0.2) is 46.1 Å². The van der Waals surface area contributed by atoms with E-state index in [1.165, 1.54) is 0 Å². The van der Waals surface area contributed by atoms with Gasteiger partial charge in [0.1, 0.15) is 0 Å². The number of amides is 2. The Labute approximate surface area is 102 Å². The first-order chi connectivity index (χ1) is 7.43. The largest absolute Gasteiger partial charge is 0.392 e. The Bertz CT molecular complexity index is 307. The van der Waals surface area contributed by atoms with Crippen LogP contribution in [0.1, 0.15) is 6.42 Å². The predicted octanol–water partition coefficient (Wildman–Crippen LogP) is -1.73. The highest BCUT2D eigenvalue weighted by Gasteiger charge is 2.11. The monoisotopic (exact) mass is 265 g/mol. The molecule has 8 heteroatoms. The van der Waals surface area contributed by atoms with E-state index < -0.39 is 22.6 Å². The second kappa shape index (κ2) is 8.17. The van der Waals surface area contributed by atoms with Gasteiger partial charge in [0.25, 0.3) is 0 Å². The fourth-order valence-electron chi connectivity index (χ4n) is 0.805. The van der Waals surface area contributed by atoms with E-state index in [-0.39, 0.29) is 11.5 Å². The standard InChI is InChI=1S/C8H15N3O3S2/c1-16(14)4-2-3-10-7(12)8(13)11-5-6(9)15/h2-5H2,1H3,(H2,9,15)(H,10,12)(H,11,13). The van der Waals surface area contributed by atoms with Crippen molar-refractivity contribution >= 4 is 39.8 Å². The fourth-order valence-corrected chi connectivity index (χ4v) is 1.43. The number of hydrogen-bond donors (Lipinski definition) is 3. The van der Waals surface area contributed by atoms with Gasteiger partial charge in [-0.3, -0.25) is 13.8 Å². The van der Waals surface area contributed by atoms with E-state index in [4.69, 9.17) is 5.73 Å². The fraction of sp³-hybridized carbons (Fsp3) is 0.625. The SMILES string of the molecule is CS(=O)CCCNC(=O)C(=O)NCC(N)=S. The number of carbonyl (C=O) groups excluding carboxylic acids is 2. The van der Waals surface area contributed by atoms with Crippen LogP contribution >= 0.6 is 12.2 Å². The van der Waals surface area contributed by atoms with E-state index in [2.05, 4.69) is 22.9 Å². The summed E-state index contributed by atoms with van der Waals surface area (Å²) >= 11 is 4.53. The summed E-state index contributed by atoms with van der Waals surface area (Å²) in [5.41, 5.74) is 5.15. The van der Waals surface area contributed by atoms with Gasteiger partial charge in [-0.2, -0.15) is 0 Å². The van der Waals surface area contributed by atoms with E-state index in [1.54, 1.807) is 6.26 Å². The summed E-state index contributed by atoms with van der Waals surface area (Å²) in [7, 11) is -0.886. The lowest BCUT2D eigenvalue weighted by Gasteiger charge is -2.04. The Morgan fingerprint density at radius 3 is 2.38 bits per heavy atom. The Kier molecular flexibility index (Phi) is 7.65. The van der Waals surface area contributed by atoms with Crippen LogP contribution in [-0.2, 0) is 20.4 Å². The molecular formula is C8H15N3O3S2. The second-order valence-electron chi connectivity index (χ2n) is 3.04. The first-order valence-corrected chi connectivity index (χ1v) is 6.71. The highest BCUT2D eigenvalue weighted by atomic mass is 32.2. The number of thiocarbonyl (C=S) groups is 1. The highest BCUT2D eigenvalue weighted by molar-refractivity contribution is 7.84. The molecule has 0 fully saturated rings. The Morgan fingerprint density at radius 1 is 1.31 bits per heavy atom. The number of nitrogens with one attached hydrogen (secondary N) is 2. The first-order valence-electron chi connectivity index (χ1n) is 4.58. The van der Waals surface area contributed by atoms with Crippen LogP contribution in [0.15, 0.2) is 0 Å². The molecule has 0 radical (unpaired) electrons. The molecule has 0 aromatic heterocycles. The molecule has 0 aromatic rings. The van der Waals surface area contributed by atoms with Crippen LogP contribution in [0, 0.1) is 0 Å². The summed E-state index contributed by atoms with van der Waals surface area (Å²) in [4.78, 5) is 22.3. The van der Waals surface area contributed by atoms with Crippen molar-refractivity contribution in [2.24, 2.45) is 5.73 Å². The van der Waals surface area contributed by atoms with Crippen LogP contribution in [0.2, 0.25) is 0 Å². The van der Waals surface area contributed by atoms with E-state index >= 15 is 0 Å². The Hall–Kier alpha value is -1.02. The smallest absolute Gasteiger partial charge is 0.309 e. The van der Waals surface area contributed by atoms with Gasteiger partial charge in [0, 0.05) is 29.4 Å². The lowest BCUT2D eigenvalue weighted by atomic mass is 10.4. The molecule has 0 aliphatic heterocycles. The average molecular weight is 265 g/mol. The number of nitrogens with two attached hydrogens (primary N) is 1. The molecule has 0 aromatic carbocycles. The third-order valence-electron chi connectivity index (χ3n) is 1.52. The van der Waals surface area contributed by atoms with Gasteiger partial charge in [0.15, 0.2) is 0 Å². The van der Waals surface area contributed by atoms with Gasteiger partial charge in [-0.05, 0) is 6.42 Å². The third kappa shape index (κ3) is 8.30. The summed E-state index contributed by atoms with van der Waals surface area (Å²) in [6, 6.07) is 0. The molecular weight excluding hydrogens is 250 g/mol. The van der Waals surface area contributed by atoms with E-state index in [0.717, 1.165) is 0 Å². The van der Waals surface area contributed by atoms with Gasteiger partial charge in [-0.15, -0.1) is 0 Å². The van der Waals surface area contributed by atoms with E-state index in [0.29, 0.717) is 18.7 Å². The van der Waals surface area contributed by atoms with Gasteiger partial charge in [0.05, 0.1) is 11.5 Å². The van der Waals surface area contributed by atoms with Crippen molar-refractivity contribution in [3.8, 4) is 0 Å². The number of hydrogen-bond acceptors (Lipinski definition) is 4. The minimum absolute atomic E-state index is 0.000559. The molecule has 4 N–H and O–H groups in total. The zero-order valence-electron chi connectivity index (χ0n) is 8.95. The van der Waals surface area contributed by atoms with Crippen molar-refractivity contribution in [1.29, 1.82) is 0 Å². The van der Waals surface area contributed by atoms with Gasteiger partial charge >= 0.3 is 11.8 Å². The summed E-state index contributed by atoms with van der Waals surface area (Å²) in [5, 5.41) is 4.65. The molecule has 0 aliphatic rings. The second-order valence-corrected chi connectivity index (χ2v) is 5.11. The molecule has 0 spiro atoms. The maximum atomic E-state index is 11.1. The molecule has 6 nitrogen and oxygen atoms in total. The molecule has 0 saturated carbocycles. The third-order valence-corrected chi connectivity index (χ3v) is 2.53. The summed E-state index contributed by atoms with van der Waals surface area (Å²) in [5.74, 6) is -1.02. The van der Waals surface area contributed by atoms with E-state index in [9.17, 15) is 13.8 Å². The number of rotatable bonds is 6. The number of carbonyl (C=O) groups is 2. The van der Waals surface area contributed by atoms with Crippen LogP contribution < -0.4 is 16.4 Å². The maximum absolute atomic E-state index is 11.1. The molecule has 1 atom stereocenters. The molecule has 0 aliphatic carbocycles. The Morgan fingerprint density at radius 2 is 1.88 bits per heavy atom. The molecule has 0 bridgehead atoms. The quantitative estimate of drug-likeness (QED) is 0.301. The minimum Gasteiger partial charge on any atom is -0.392 e. The van der Waals surface area contributed by atoms with Gasteiger partial charge in [-0.1, -0.05) is 12.2 Å². The zero-order valence-corrected chi connectivity index (χ0v) is 10.6. The van der Waals surface area contributed by atoms with Crippen molar-refractivity contribution in [3.63, 3.8) is 0 Å². The Balaban J connectivity index is 3.67. The van der Waals surface area contributed by atoms with Crippen LogP contribution in [0.3, 0.4) is 0 Å². The van der Waals surface area contributed by atoms with Crippen molar-refractivity contribution < 1.29 is 13.8 Å². The molecule has 92 valence electrons. The van der Waals surface area contributed by atoms with Crippen LogP contribution in [0.25, 0.3) is 0 Å². The lowest BCUT2D eigenvalue weighted by Crippen LogP contribution is -2.43. The van der Waals surface area contributed by atoms with Crippen molar-refractivity contribution in [3.05, 3.63) is 0 Å². The lowest BCUT2D eigenvalue weighted by molar-refractivity contribution is -0.139. The summed E-state index contributed by atoms with van der Waals surface area (Å²) in [6.45, 7) is 0.319. The summed E-state index contributed by atoms with van der Waals surface area (Å²) in [6.07, 6.45) is 2.15. The van der Waals surface area contributed by atoms with Gasteiger partial charge in [0.2, 0.25) is 0 Å². The molecule has 0 heterocycles.